The molecule has 104 valence electrons. The zero-order chi connectivity index (χ0) is 14.0. The highest BCUT2D eigenvalue weighted by Gasteiger charge is 2.40. The minimum Gasteiger partial charge on any atom is -0.351 e. The van der Waals surface area contributed by atoms with E-state index in [0.717, 1.165) is 25.9 Å². The van der Waals surface area contributed by atoms with Gasteiger partial charge in [0.2, 0.25) is 11.8 Å². The molecule has 0 spiro atoms. The molecule has 1 heterocycles. The fraction of sp³-hybridized carbons (Fsp3) is 0.857. The van der Waals surface area contributed by atoms with E-state index in [-0.39, 0.29) is 17.4 Å². The van der Waals surface area contributed by atoms with Crippen molar-refractivity contribution in [2.75, 3.05) is 13.1 Å². The zero-order valence-electron chi connectivity index (χ0n) is 12.3. The second-order valence-corrected chi connectivity index (χ2v) is 6.68. The maximum Gasteiger partial charge on any atom is 0.237 e. The van der Waals surface area contributed by atoms with E-state index in [1.165, 1.54) is 6.42 Å². The van der Waals surface area contributed by atoms with Gasteiger partial charge in [0, 0.05) is 18.6 Å². The largest absolute Gasteiger partial charge is 0.351 e. The SMILES string of the molecule is CC(C)(C)NC(=O)C(C)(C)C(=O)N1CCCCC1. The molecule has 0 atom stereocenters. The van der Waals surface area contributed by atoms with Crippen LogP contribution in [0.3, 0.4) is 0 Å². The Morgan fingerprint density at radius 1 is 0.944 bits per heavy atom. The minimum atomic E-state index is -0.982. The molecule has 18 heavy (non-hydrogen) atoms. The molecule has 0 radical (unpaired) electrons. The third-order valence-electron chi connectivity index (χ3n) is 3.23. The fourth-order valence-electron chi connectivity index (χ4n) is 2.09. The maximum atomic E-state index is 12.4. The number of rotatable bonds is 2. The predicted octanol–water partition coefficient (Wildman–Crippen LogP) is 1.94. The van der Waals surface area contributed by atoms with E-state index in [1.807, 2.05) is 25.7 Å². The molecule has 1 saturated heterocycles. The van der Waals surface area contributed by atoms with E-state index in [4.69, 9.17) is 0 Å². The summed E-state index contributed by atoms with van der Waals surface area (Å²) in [5, 5.41) is 2.89. The van der Waals surface area contributed by atoms with Gasteiger partial charge in [-0.2, -0.15) is 0 Å². The smallest absolute Gasteiger partial charge is 0.237 e. The number of nitrogens with one attached hydrogen (secondary N) is 1. The molecular formula is C14H26N2O2. The predicted molar refractivity (Wildman–Crippen MR) is 72.1 cm³/mol. The second-order valence-electron chi connectivity index (χ2n) is 6.68. The van der Waals surface area contributed by atoms with Gasteiger partial charge < -0.3 is 10.2 Å². The third kappa shape index (κ3) is 3.72. The third-order valence-corrected chi connectivity index (χ3v) is 3.23. The molecule has 0 unspecified atom stereocenters. The van der Waals surface area contributed by atoms with Crippen LogP contribution >= 0.6 is 0 Å². The van der Waals surface area contributed by atoms with Crippen molar-refractivity contribution < 1.29 is 9.59 Å². The number of carbonyl (C=O) groups is 2. The fourth-order valence-corrected chi connectivity index (χ4v) is 2.09. The van der Waals surface area contributed by atoms with E-state index in [9.17, 15) is 9.59 Å². The van der Waals surface area contributed by atoms with Crippen LogP contribution in [-0.4, -0.2) is 35.3 Å². The number of likely N-dealkylation sites (tertiary alicyclic amines) is 1. The highest BCUT2D eigenvalue weighted by Crippen LogP contribution is 2.23. The van der Waals surface area contributed by atoms with E-state index in [1.54, 1.807) is 13.8 Å². The molecule has 1 aliphatic rings. The van der Waals surface area contributed by atoms with Crippen molar-refractivity contribution in [2.45, 2.75) is 59.4 Å². The van der Waals surface area contributed by atoms with E-state index in [0.29, 0.717) is 0 Å². The normalized spacial score (nSPS) is 17.5. The van der Waals surface area contributed by atoms with Crippen LogP contribution in [0.25, 0.3) is 0 Å². The van der Waals surface area contributed by atoms with Crippen LogP contribution in [-0.2, 0) is 9.59 Å². The number of piperidine rings is 1. The Morgan fingerprint density at radius 2 is 1.44 bits per heavy atom. The molecule has 0 aromatic heterocycles. The lowest BCUT2D eigenvalue weighted by atomic mass is 9.88. The first-order valence-corrected chi connectivity index (χ1v) is 6.76. The molecule has 4 heteroatoms. The second kappa shape index (κ2) is 5.29. The molecule has 0 aliphatic carbocycles. The van der Waals surface area contributed by atoms with Gasteiger partial charge >= 0.3 is 0 Å². The Balaban J connectivity index is 2.72. The summed E-state index contributed by atoms with van der Waals surface area (Å²) in [4.78, 5) is 26.4. The molecule has 1 N–H and O–H groups in total. The van der Waals surface area contributed by atoms with Gasteiger partial charge in [0.15, 0.2) is 0 Å². The highest BCUT2D eigenvalue weighted by atomic mass is 16.2. The first-order valence-electron chi connectivity index (χ1n) is 6.76. The summed E-state index contributed by atoms with van der Waals surface area (Å²) >= 11 is 0. The van der Waals surface area contributed by atoms with Crippen LogP contribution in [0.1, 0.15) is 53.9 Å². The quantitative estimate of drug-likeness (QED) is 0.766. The van der Waals surface area contributed by atoms with Crippen molar-refractivity contribution in [2.24, 2.45) is 5.41 Å². The van der Waals surface area contributed by atoms with Crippen molar-refractivity contribution in [3.8, 4) is 0 Å². The molecule has 0 saturated carbocycles. The van der Waals surface area contributed by atoms with Gasteiger partial charge in [-0.25, -0.2) is 0 Å². The number of amides is 2. The molecule has 2 amide bonds. The van der Waals surface area contributed by atoms with Crippen LogP contribution < -0.4 is 5.32 Å². The summed E-state index contributed by atoms with van der Waals surface area (Å²) < 4.78 is 0. The van der Waals surface area contributed by atoms with Crippen molar-refractivity contribution >= 4 is 11.8 Å². The van der Waals surface area contributed by atoms with Gasteiger partial charge in [-0.05, 0) is 53.9 Å². The number of carbonyl (C=O) groups excluding carboxylic acids is 2. The summed E-state index contributed by atoms with van der Waals surface area (Å²) in [5.41, 5.74) is -1.29. The Bertz CT molecular complexity index is 323. The Morgan fingerprint density at radius 3 is 1.89 bits per heavy atom. The van der Waals surface area contributed by atoms with Gasteiger partial charge in [-0.3, -0.25) is 9.59 Å². The van der Waals surface area contributed by atoms with Crippen LogP contribution in [0.15, 0.2) is 0 Å². The molecule has 4 nitrogen and oxygen atoms in total. The summed E-state index contributed by atoms with van der Waals surface area (Å²) in [7, 11) is 0. The van der Waals surface area contributed by atoms with Crippen molar-refractivity contribution in [1.29, 1.82) is 0 Å². The molecule has 1 rings (SSSR count). The topological polar surface area (TPSA) is 49.4 Å². The lowest BCUT2D eigenvalue weighted by Crippen LogP contribution is -2.54. The van der Waals surface area contributed by atoms with Crippen LogP contribution in [0.5, 0.6) is 0 Å². The van der Waals surface area contributed by atoms with E-state index < -0.39 is 5.41 Å². The monoisotopic (exact) mass is 254 g/mol. The lowest BCUT2D eigenvalue weighted by Gasteiger charge is -2.35. The van der Waals surface area contributed by atoms with E-state index >= 15 is 0 Å². The molecule has 0 aromatic rings. The first-order chi connectivity index (χ1) is 8.14. The maximum absolute atomic E-state index is 12.4. The Hall–Kier alpha value is -1.06. The van der Waals surface area contributed by atoms with Gasteiger partial charge in [0.05, 0.1) is 0 Å². The molecule has 0 aromatic carbocycles. The van der Waals surface area contributed by atoms with Crippen molar-refractivity contribution in [3.63, 3.8) is 0 Å². The van der Waals surface area contributed by atoms with Gasteiger partial charge in [-0.1, -0.05) is 0 Å². The summed E-state index contributed by atoms with van der Waals surface area (Å²) in [6.07, 6.45) is 3.27. The average Bonchev–Trinajstić information content (AvgIpc) is 2.27. The van der Waals surface area contributed by atoms with Crippen molar-refractivity contribution in [3.05, 3.63) is 0 Å². The number of nitrogens with zero attached hydrogens (tertiary/aromatic N) is 1. The van der Waals surface area contributed by atoms with Gasteiger partial charge in [0.1, 0.15) is 5.41 Å². The number of hydrogen-bond acceptors (Lipinski definition) is 2. The molecule has 1 fully saturated rings. The van der Waals surface area contributed by atoms with Crippen LogP contribution in [0.4, 0.5) is 0 Å². The average molecular weight is 254 g/mol. The zero-order valence-corrected chi connectivity index (χ0v) is 12.3. The molecule has 1 aliphatic heterocycles. The minimum absolute atomic E-state index is 0.0519. The van der Waals surface area contributed by atoms with Crippen LogP contribution in [0.2, 0.25) is 0 Å². The van der Waals surface area contributed by atoms with Crippen LogP contribution in [0, 0.1) is 5.41 Å². The molecule has 0 bridgehead atoms. The molecular weight excluding hydrogens is 228 g/mol. The summed E-state index contributed by atoms with van der Waals surface area (Å²) in [6, 6.07) is 0. The van der Waals surface area contributed by atoms with Crippen molar-refractivity contribution in [1.82, 2.24) is 10.2 Å². The highest BCUT2D eigenvalue weighted by molar-refractivity contribution is 6.04. The Labute approximate surface area is 110 Å². The van der Waals surface area contributed by atoms with Gasteiger partial charge in [0.25, 0.3) is 0 Å². The Kier molecular flexibility index (Phi) is 4.41. The first kappa shape index (κ1) is 15.0. The summed E-state index contributed by atoms with van der Waals surface area (Å²) in [5.74, 6) is -0.241. The lowest BCUT2D eigenvalue weighted by molar-refractivity contribution is -0.149. The van der Waals surface area contributed by atoms with Gasteiger partial charge in [-0.15, -0.1) is 0 Å². The van der Waals surface area contributed by atoms with E-state index in [2.05, 4.69) is 5.32 Å². The summed E-state index contributed by atoms with van der Waals surface area (Å²) in [6.45, 7) is 10.8. The number of hydrogen-bond donors (Lipinski definition) is 1. The standard InChI is InChI=1S/C14H26N2O2/c1-13(2,3)15-11(17)14(4,5)12(18)16-9-7-6-8-10-16/h6-10H2,1-5H3,(H,15,17).